The number of nitrogens with one attached hydrogen (secondary N) is 2. The van der Waals surface area contributed by atoms with E-state index in [2.05, 4.69) is 33.7 Å². The molecule has 1 aromatic carbocycles. The van der Waals surface area contributed by atoms with Gasteiger partial charge in [-0.25, -0.2) is 0 Å². The molecular weight excluding hydrogens is 342 g/mol. The number of hydrogen-bond donors (Lipinski definition) is 3. The molecule has 2 aromatic rings. The number of aromatic hydroxyl groups is 1. The SMILES string of the molecule is CCNC(=NCCCn1nc(C)cc1C)NCCc1cccc(OC)c1O. The van der Waals surface area contributed by atoms with E-state index in [1.54, 1.807) is 13.2 Å². The smallest absolute Gasteiger partial charge is 0.191 e. The van der Waals surface area contributed by atoms with E-state index in [1.807, 2.05) is 30.7 Å². The van der Waals surface area contributed by atoms with Gasteiger partial charge in [0, 0.05) is 31.9 Å². The Hall–Kier alpha value is -2.70. The summed E-state index contributed by atoms with van der Waals surface area (Å²) in [5.74, 6) is 1.49. The van der Waals surface area contributed by atoms with Gasteiger partial charge in [-0.1, -0.05) is 12.1 Å². The maximum absolute atomic E-state index is 10.2. The second-order valence-corrected chi connectivity index (χ2v) is 6.41. The minimum atomic E-state index is 0.202. The molecular formula is C20H31N5O2. The van der Waals surface area contributed by atoms with Crippen LogP contribution in [0.3, 0.4) is 0 Å². The van der Waals surface area contributed by atoms with Gasteiger partial charge in [0.25, 0.3) is 0 Å². The number of hydrogen-bond acceptors (Lipinski definition) is 4. The molecule has 27 heavy (non-hydrogen) atoms. The Kier molecular flexibility index (Phi) is 7.98. The number of phenols is 1. The van der Waals surface area contributed by atoms with Crippen LogP contribution in [0.15, 0.2) is 29.3 Å². The van der Waals surface area contributed by atoms with Crippen LogP contribution >= 0.6 is 0 Å². The van der Waals surface area contributed by atoms with Crippen molar-refractivity contribution in [1.29, 1.82) is 0 Å². The van der Waals surface area contributed by atoms with E-state index in [-0.39, 0.29) is 5.75 Å². The molecule has 0 fully saturated rings. The first kappa shape index (κ1) is 20.6. The predicted octanol–water partition coefficient (Wildman–Crippen LogP) is 2.40. The maximum Gasteiger partial charge on any atom is 0.191 e. The molecule has 0 spiro atoms. The van der Waals surface area contributed by atoms with Crippen LogP contribution in [0.1, 0.15) is 30.3 Å². The second-order valence-electron chi connectivity index (χ2n) is 6.41. The number of aromatic nitrogens is 2. The first-order valence-corrected chi connectivity index (χ1v) is 9.43. The van der Waals surface area contributed by atoms with Crippen LogP contribution in [-0.2, 0) is 13.0 Å². The summed E-state index contributed by atoms with van der Waals surface area (Å²) in [5, 5.41) is 21.2. The number of phenolic OH excluding ortho intramolecular Hbond substituents is 1. The van der Waals surface area contributed by atoms with E-state index in [9.17, 15) is 5.11 Å². The average Bonchev–Trinajstić information content (AvgIpc) is 2.97. The van der Waals surface area contributed by atoms with Crippen LogP contribution < -0.4 is 15.4 Å². The molecule has 7 heteroatoms. The number of ether oxygens (including phenoxy) is 1. The zero-order valence-electron chi connectivity index (χ0n) is 16.7. The van der Waals surface area contributed by atoms with Crippen molar-refractivity contribution in [2.75, 3.05) is 26.7 Å². The van der Waals surface area contributed by atoms with Crippen molar-refractivity contribution in [3.8, 4) is 11.5 Å². The molecule has 0 saturated carbocycles. The Morgan fingerprint density at radius 2 is 2.11 bits per heavy atom. The standard InChI is InChI=1S/C20H31N5O2/c1-5-21-20(22-11-7-13-25-16(3)14-15(2)24-25)23-12-10-17-8-6-9-18(27-4)19(17)26/h6,8-9,14,26H,5,7,10-13H2,1-4H3,(H2,21,22,23). The molecule has 7 nitrogen and oxygen atoms in total. The summed E-state index contributed by atoms with van der Waals surface area (Å²) in [6, 6.07) is 7.62. The Morgan fingerprint density at radius 3 is 2.78 bits per heavy atom. The highest BCUT2D eigenvalue weighted by molar-refractivity contribution is 5.79. The molecule has 0 atom stereocenters. The molecule has 2 rings (SSSR count). The lowest BCUT2D eigenvalue weighted by Crippen LogP contribution is -2.38. The topological polar surface area (TPSA) is 83.7 Å². The highest BCUT2D eigenvalue weighted by atomic mass is 16.5. The average molecular weight is 374 g/mol. The fraction of sp³-hybridized carbons (Fsp3) is 0.500. The number of aryl methyl sites for hydroxylation is 3. The molecule has 0 aliphatic heterocycles. The minimum Gasteiger partial charge on any atom is -0.504 e. The van der Waals surface area contributed by atoms with Crippen molar-refractivity contribution in [3.05, 3.63) is 41.2 Å². The van der Waals surface area contributed by atoms with Gasteiger partial charge in [0.2, 0.25) is 0 Å². The third-order valence-corrected chi connectivity index (χ3v) is 4.23. The van der Waals surface area contributed by atoms with Gasteiger partial charge in [-0.2, -0.15) is 5.10 Å². The number of aliphatic imine (C=N–C) groups is 1. The fourth-order valence-corrected chi connectivity index (χ4v) is 2.90. The summed E-state index contributed by atoms with van der Waals surface area (Å²) >= 11 is 0. The molecule has 1 heterocycles. The molecule has 0 bridgehead atoms. The third kappa shape index (κ3) is 6.20. The van der Waals surface area contributed by atoms with Gasteiger partial charge >= 0.3 is 0 Å². The molecule has 148 valence electrons. The van der Waals surface area contributed by atoms with Gasteiger partial charge in [0.05, 0.1) is 12.8 Å². The summed E-state index contributed by atoms with van der Waals surface area (Å²) in [5.41, 5.74) is 3.08. The highest BCUT2D eigenvalue weighted by Crippen LogP contribution is 2.29. The van der Waals surface area contributed by atoms with Crippen molar-refractivity contribution in [2.45, 2.75) is 40.2 Å². The van der Waals surface area contributed by atoms with Gasteiger partial charge in [-0.3, -0.25) is 9.67 Å². The fourth-order valence-electron chi connectivity index (χ4n) is 2.90. The molecule has 0 unspecified atom stereocenters. The number of nitrogens with zero attached hydrogens (tertiary/aromatic N) is 3. The van der Waals surface area contributed by atoms with Crippen molar-refractivity contribution in [3.63, 3.8) is 0 Å². The molecule has 3 N–H and O–H groups in total. The summed E-state index contributed by atoms with van der Waals surface area (Å²) in [4.78, 5) is 4.62. The number of para-hydroxylation sites is 1. The summed E-state index contributed by atoms with van der Waals surface area (Å²) in [6.45, 7) is 9.18. The number of rotatable bonds is 9. The van der Waals surface area contributed by atoms with E-state index in [4.69, 9.17) is 4.74 Å². The summed E-state index contributed by atoms with van der Waals surface area (Å²) in [6.07, 6.45) is 1.61. The van der Waals surface area contributed by atoms with E-state index in [1.165, 1.54) is 5.69 Å². The third-order valence-electron chi connectivity index (χ3n) is 4.23. The zero-order valence-corrected chi connectivity index (χ0v) is 16.7. The summed E-state index contributed by atoms with van der Waals surface area (Å²) in [7, 11) is 1.55. The van der Waals surface area contributed by atoms with E-state index < -0.39 is 0 Å². The maximum atomic E-state index is 10.2. The van der Waals surface area contributed by atoms with E-state index >= 15 is 0 Å². The lowest BCUT2D eigenvalue weighted by molar-refractivity contribution is 0.370. The highest BCUT2D eigenvalue weighted by Gasteiger charge is 2.07. The molecule has 0 saturated heterocycles. The van der Waals surface area contributed by atoms with Crippen LogP contribution in [0.4, 0.5) is 0 Å². The van der Waals surface area contributed by atoms with Crippen LogP contribution in [0.25, 0.3) is 0 Å². The zero-order chi connectivity index (χ0) is 19.6. The largest absolute Gasteiger partial charge is 0.504 e. The van der Waals surface area contributed by atoms with Crippen molar-refractivity contribution < 1.29 is 9.84 Å². The van der Waals surface area contributed by atoms with Crippen molar-refractivity contribution >= 4 is 5.96 Å². The van der Waals surface area contributed by atoms with Gasteiger partial charge in [-0.05, 0) is 51.3 Å². The van der Waals surface area contributed by atoms with Crippen molar-refractivity contribution in [1.82, 2.24) is 20.4 Å². The quantitative estimate of drug-likeness (QED) is 0.357. The van der Waals surface area contributed by atoms with Gasteiger partial charge in [0.15, 0.2) is 17.5 Å². The van der Waals surface area contributed by atoms with Gasteiger partial charge in [-0.15, -0.1) is 0 Å². The predicted molar refractivity (Wildman–Crippen MR) is 109 cm³/mol. The van der Waals surface area contributed by atoms with Gasteiger partial charge in [0.1, 0.15) is 0 Å². The lowest BCUT2D eigenvalue weighted by atomic mass is 10.1. The van der Waals surface area contributed by atoms with Crippen LogP contribution in [0, 0.1) is 13.8 Å². The normalized spacial score (nSPS) is 11.5. The number of guanidine groups is 1. The molecule has 0 aliphatic rings. The van der Waals surface area contributed by atoms with Crippen LogP contribution in [0.2, 0.25) is 0 Å². The van der Waals surface area contributed by atoms with E-state index in [0.717, 1.165) is 43.3 Å². The Balaban J connectivity index is 1.82. The Labute approximate surface area is 161 Å². The van der Waals surface area contributed by atoms with Gasteiger partial charge < -0.3 is 20.5 Å². The molecule has 0 aliphatic carbocycles. The van der Waals surface area contributed by atoms with Crippen LogP contribution in [0.5, 0.6) is 11.5 Å². The Morgan fingerprint density at radius 1 is 1.30 bits per heavy atom. The lowest BCUT2D eigenvalue weighted by Gasteiger charge is -2.13. The summed E-state index contributed by atoms with van der Waals surface area (Å²) < 4.78 is 7.17. The molecule has 1 aromatic heterocycles. The second kappa shape index (κ2) is 10.4. The molecule has 0 amide bonds. The van der Waals surface area contributed by atoms with E-state index in [0.29, 0.717) is 18.7 Å². The molecule has 0 radical (unpaired) electrons. The Bertz CT molecular complexity index is 755. The number of methoxy groups -OCH3 is 1. The first-order chi connectivity index (χ1) is 13.0. The minimum absolute atomic E-state index is 0.202. The monoisotopic (exact) mass is 373 g/mol. The van der Waals surface area contributed by atoms with Crippen molar-refractivity contribution in [2.24, 2.45) is 4.99 Å². The number of benzene rings is 1. The van der Waals surface area contributed by atoms with Crippen LogP contribution in [-0.4, -0.2) is 47.6 Å². The first-order valence-electron chi connectivity index (χ1n) is 9.43.